The van der Waals surface area contributed by atoms with Gasteiger partial charge in [0.25, 0.3) is 0 Å². The minimum atomic E-state index is 0.457. The lowest BCUT2D eigenvalue weighted by Gasteiger charge is -2.25. The lowest BCUT2D eigenvalue weighted by molar-refractivity contribution is 0.296. The molecule has 4 nitrogen and oxygen atoms in total. The van der Waals surface area contributed by atoms with Crippen LogP contribution in [0.15, 0.2) is 30.7 Å². The Balaban J connectivity index is 1.76. The monoisotopic (exact) mass is 271 g/mol. The van der Waals surface area contributed by atoms with Crippen molar-refractivity contribution in [1.29, 1.82) is 0 Å². The number of hydrogen-bond donors (Lipinski definition) is 1. The third kappa shape index (κ3) is 2.56. The molecule has 1 aromatic carbocycles. The van der Waals surface area contributed by atoms with E-state index in [0.29, 0.717) is 12.6 Å². The van der Waals surface area contributed by atoms with Crippen LogP contribution in [0, 0.1) is 0 Å². The summed E-state index contributed by atoms with van der Waals surface area (Å²) in [7, 11) is 4.01. The van der Waals surface area contributed by atoms with Crippen LogP contribution in [0.5, 0.6) is 5.75 Å². The summed E-state index contributed by atoms with van der Waals surface area (Å²) in [5, 5.41) is 3.40. The Morgan fingerprint density at radius 1 is 1.45 bits per heavy atom. The van der Waals surface area contributed by atoms with Gasteiger partial charge in [-0.25, -0.2) is 4.98 Å². The SMILES string of the molecule is CNC1CCCc2ccc(OCc3cncn3C)cc21. The molecule has 4 heteroatoms. The topological polar surface area (TPSA) is 39.1 Å². The fraction of sp³-hybridized carbons (Fsp3) is 0.438. The third-order valence-electron chi connectivity index (χ3n) is 4.08. The number of benzene rings is 1. The fourth-order valence-corrected chi connectivity index (χ4v) is 2.85. The second-order valence-electron chi connectivity index (χ2n) is 5.38. The molecule has 1 aliphatic carbocycles. The first kappa shape index (κ1) is 13.2. The van der Waals surface area contributed by atoms with Crippen LogP contribution in [0.3, 0.4) is 0 Å². The molecule has 0 fully saturated rings. The molecule has 106 valence electrons. The predicted molar refractivity (Wildman–Crippen MR) is 78.7 cm³/mol. The van der Waals surface area contributed by atoms with Crippen LogP contribution in [0.4, 0.5) is 0 Å². The van der Waals surface area contributed by atoms with E-state index in [4.69, 9.17) is 4.74 Å². The van der Waals surface area contributed by atoms with Crippen LogP contribution in [0.2, 0.25) is 0 Å². The molecule has 20 heavy (non-hydrogen) atoms. The second-order valence-corrected chi connectivity index (χ2v) is 5.38. The first-order valence-electron chi connectivity index (χ1n) is 7.16. The third-order valence-corrected chi connectivity index (χ3v) is 4.08. The molecule has 0 bridgehead atoms. The van der Waals surface area contributed by atoms with Crippen molar-refractivity contribution < 1.29 is 4.74 Å². The Hall–Kier alpha value is -1.81. The maximum Gasteiger partial charge on any atom is 0.130 e. The van der Waals surface area contributed by atoms with Crippen LogP contribution in [-0.4, -0.2) is 16.6 Å². The van der Waals surface area contributed by atoms with Crippen LogP contribution in [-0.2, 0) is 20.1 Å². The highest BCUT2D eigenvalue weighted by Crippen LogP contribution is 2.32. The summed E-state index contributed by atoms with van der Waals surface area (Å²) in [5.41, 5.74) is 3.91. The highest BCUT2D eigenvalue weighted by Gasteiger charge is 2.19. The van der Waals surface area contributed by atoms with E-state index in [1.165, 1.54) is 30.4 Å². The first-order chi connectivity index (χ1) is 9.78. The molecule has 2 aromatic rings. The molecule has 1 atom stereocenters. The summed E-state index contributed by atoms with van der Waals surface area (Å²) in [5.74, 6) is 0.937. The predicted octanol–water partition coefficient (Wildman–Crippen LogP) is 2.60. The van der Waals surface area contributed by atoms with Gasteiger partial charge in [0.15, 0.2) is 0 Å². The van der Waals surface area contributed by atoms with Crippen molar-refractivity contribution in [2.75, 3.05) is 7.05 Å². The summed E-state index contributed by atoms with van der Waals surface area (Å²) in [4.78, 5) is 4.10. The second kappa shape index (κ2) is 5.67. The average Bonchev–Trinajstić information content (AvgIpc) is 2.89. The minimum Gasteiger partial charge on any atom is -0.487 e. The van der Waals surface area contributed by atoms with Gasteiger partial charge in [0.1, 0.15) is 12.4 Å². The number of ether oxygens (including phenoxy) is 1. The molecule has 1 aliphatic rings. The summed E-state index contributed by atoms with van der Waals surface area (Å²) < 4.78 is 7.88. The van der Waals surface area contributed by atoms with Crippen molar-refractivity contribution >= 4 is 0 Å². The van der Waals surface area contributed by atoms with Gasteiger partial charge in [-0.3, -0.25) is 0 Å². The lowest BCUT2D eigenvalue weighted by atomic mass is 9.87. The Morgan fingerprint density at radius 2 is 2.35 bits per heavy atom. The van der Waals surface area contributed by atoms with Crippen molar-refractivity contribution in [3.8, 4) is 5.75 Å². The molecule has 0 aliphatic heterocycles. The van der Waals surface area contributed by atoms with Crippen molar-refractivity contribution in [1.82, 2.24) is 14.9 Å². The van der Waals surface area contributed by atoms with Crippen LogP contribution >= 0.6 is 0 Å². The molecule has 0 saturated heterocycles. The zero-order valence-electron chi connectivity index (χ0n) is 12.1. The van der Waals surface area contributed by atoms with E-state index >= 15 is 0 Å². The standard InChI is InChI=1S/C16H21N3O/c1-17-16-5-3-4-12-6-7-14(8-15(12)16)20-10-13-9-18-11-19(13)2/h6-9,11,16-17H,3-5,10H2,1-2H3. The van der Waals surface area contributed by atoms with E-state index in [2.05, 4.69) is 28.5 Å². The highest BCUT2D eigenvalue weighted by molar-refractivity contribution is 5.39. The number of imidazole rings is 1. The fourth-order valence-electron chi connectivity index (χ4n) is 2.85. The van der Waals surface area contributed by atoms with Crippen molar-refractivity contribution in [3.05, 3.63) is 47.5 Å². The quantitative estimate of drug-likeness (QED) is 0.929. The molecular weight excluding hydrogens is 250 g/mol. The van der Waals surface area contributed by atoms with Gasteiger partial charge in [0.2, 0.25) is 0 Å². The molecule has 1 heterocycles. The Kier molecular flexibility index (Phi) is 3.74. The normalized spacial score (nSPS) is 17.8. The van der Waals surface area contributed by atoms with E-state index in [0.717, 1.165) is 11.4 Å². The molecule has 3 rings (SSSR count). The van der Waals surface area contributed by atoms with E-state index in [-0.39, 0.29) is 0 Å². The first-order valence-corrected chi connectivity index (χ1v) is 7.16. The Morgan fingerprint density at radius 3 is 3.10 bits per heavy atom. The van der Waals surface area contributed by atoms with Crippen molar-refractivity contribution in [2.24, 2.45) is 7.05 Å². The minimum absolute atomic E-state index is 0.457. The van der Waals surface area contributed by atoms with Gasteiger partial charge in [-0.1, -0.05) is 6.07 Å². The molecule has 1 aromatic heterocycles. The van der Waals surface area contributed by atoms with E-state index in [1.807, 2.05) is 24.9 Å². The summed E-state index contributed by atoms with van der Waals surface area (Å²) >= 11 is 0. The number of rotatable bonds is 4. The van der Waals surface area contributed by atoms with Gasteiger partial charge in [-0.15, -0.1) is 0 Å². The maximum absolute atomic E-state index is 5.90. The summed E-state index contributed by atoms with van der Waals surface area (Å²) in [6.45, 7) is 0.555. The Bertz CT molecular complexity index is 591. The van der Waals surface area contributed by atoms with Gasteiger partial charge in [-0.05, 0) is 49.6 Å². The van der Waals surface area contributed by atoms with Gasteiger partial charge >= 0.3 is 0 Å². The number of aryl methyl sites for hydroxylation is 2. The summed E-state index contributed by atoms with van der Waals surface area (Å²) in [6.07, 6.45) is 7.27. The Labute approximate surface area is 119 Å². The van der Waals surface area contributed by atoms with Crippen LogP contribution in [0.1, 0.15) is 35.7 Å². The molecule has 0 amide bonds. The molecule has 0 spiro atoms. The number of fused-ring (bicyclic) bond motifs is 1. The van der Waals surface area contributed by atoms with E-state index < -0.39 is 0 Å². The number of hydrogen-bond acceptors (Lipinski definition) is 3. The smallest absolute Gasteiger partial charge is 0.130 e. The summed E-state index contributed by atoms with van der Waals surface area (Å²) in [6, 6.07) is 6.93. The van der Waals surface area contributed by atoms with Crippen molar-refractivity contribution in [2.45, 2.75) is 31.9 Å². The number of aromatic nitrogens is 2. The van der Waals surface area contributed by atoms with Gasteiger partial charge in [0.05, 0.1) is 18.2 Å². The largest absolute Gasteiger partial charge is 0.487 e. The van der Waals surface area contributed by atoms with Crippen LogP contribution < -0.4 is 10.1 Å². The lowest BCUT2D eigenvalue weighted by Crippen LogP contribution is -2.21. The highest BCUT2D eigenvalue weighted by atomic mass is 16.5. The number of nitrogens with zero attached hydrogens (tertiary/aromatic N) is 2. The molecule has 1 unspecified atom stereocenters. The van der Waals surface area contributed by atoms with Gasteiger partial charge in [-0.2, -0.15) is 0 Å². The average molecular weight is 271 g/mol. The van der Waals surface area contributed by atoms with Gasteiger partial charge in [0, 0.05) is 13.1 Å². The number of nitrogens with one attached hydrogen (secondary N) is 1. The molecule has 0 saturated carbocycles. The van der Waals surface area contributed by atoms with E-state index in [1.54, 1.807) is 6.33 Å². The van der Waals surface area contributed by atoms with Gasteiger partial charge < -0.3 is 14.6 Å². The van der Waals surface area contributed by atoms with Crippen LogP contribution in [0.25, 0.3) is 0 Å². The zero-order chi connectivity index (χ0) is 13.9. The molecular formula is C16H21N3O. The molecule has 1 N–H and O–H groups in total. The maximum atomic E-state index is 5.90. The van der Waals surface area contributed by atoms with E-state index in [9.17, 15) is 0 Å². The van der Waals surface area contributed by atoms with Crippen molar-refractivity contribution in [3.63, 3.8) is 0 Å². The molecule has 0 radical (unpaired) electrons. The zero-order valence-corrected chi connectivity index (χ0v) is 12.1.